The quantitative estimate of drug-likeness (QED) is 0.374. The largest absolute Gasteiger partial charge is 0.294 e. The minimum Gasteiger partial charge on any atom is -0.294 e. The third-order valence-electron chi connectivity index (χ3n) is 3.68. The fraction of sp³-hybridized carbons (Fsp3) is 0.350. The van der Waals surface area contributed by atoms with Gasteiger partial charge in [-0.2, -0.15) is 0 Å². The lowest BCUT2D eigenvalue weighted by Gasteiger charge is -2.19. The van der Waals surface area contributed by atoms with E-state index in [0.717, 1.165) is 12.2 Å². The Labute approximate surface area is 142 Å². The monoisotopic (exact) mass is 330 g/mol. The van der Waals surface area contributed by atoms with Crippen LogP contribution >= 0.6 is 11.8 Å². The standard InChI is InChI=1S/C20H23FOS/c1-20(2,3)16-6-4-7-18(14-16)23-13-5-8-19(22)15-9-11-17(21)12-10-15/h4,6-7,9-12,14H,5,8,13H2,1-3H3. The molecule has 0 aliphatic rings. The molecule has 0 saturated heterocycles. The van der Waals surface area contributed by atoms with E-state index in [9.17, 15) is 9.18 Å². The summed E-state index contributed by atoms with van der Waals surface area (Å²) in [7, 11) is 0. The van der Waals surface area contributed by atoms with Crippen molar-refractivity contribution in [3.63, 3.8) is 0 Å². The summed E-state index contributed by atoms with van der Waals surface area (Å²) < 4.78 is 12.8. The number of thioether (sulfide) groups is 1. The zero-order valence-electron chi connectivity index (χ0n) is 13.9. The summed E-state index contributed by atoms with van der Waals surface area (Å²) in [5.41, 5.74) is 2.06. The van der Waals surface area contributed by atoms with Crippen LogP contribution in [0, 0.1) is 5.82 Å². The number of halogens is 1. The zero-order chi connectivity index (χ0) is 16.9. The predicted octanol–water partition coefficient (Wildman–Crippen LogP) is 5.88. The summed E-state index contributed by atoms with van der Waals surface area (Å²) in [6.07, 6.45) is 1.32. The Morgan fingerprint density at radius 2 is 1.78 bits per heavy atom. The number of hydrogen-bond acceptors (Lipinski definition) is 2. The molecule has 122 valence electrons. The lowest BCUT2D eigenvalue weighted by Crippen LogP contribution is -2.10. The van der Waals surface area contributed by atoms with Gasteiger partial charge in [0, 0.05) is 16.9 Å². The number of carbonyl (C=O) groups is 1. The van der Waals surface area contributed by atoms with E-state index in [1.807, 2.05) is 0 Å². The molecule has 0 saturated carbocycles. The van der Waals surface area contributed by atoms with Crippen molar-refractivity contribution in [2.75, 3.05) is 5.75 Å². The summed E-state index contributed by atoms with van der Waals surface area (Å²) in [4.78, 5) is 13.3. The molecule has 0 N–H and O–H groups in total. The van der Waals surface area contributed by atoms with Crippen molar-refractivity contribution in [1.29, 1.82) is 0 Å². The number of benzene rings is 2. The van der Waals surface area contributed by atoms with Crippen LogP contribution in [0.1, 0.15) is 49.5 Å². The van der Waals surface area contributed by atoms with Crippen LogP contribution in [-0.2, 0) is 5.41 Å². The molecule has 2 aromatic carbocycles. The highest BCUT2D eigenvalue weighted by molar-refractivity contribution is 7.99. The van der Waals surface area contributed by atoms with Gasteiger partial charge in [-0.05, 0) is 59.6 Å². The van der Waals surface area contributed by atoms with Gasteiger partial charge in [0.1, 0.15) is 5.82 Å². The van der Waals surface area contributed by atoms with E-state index >= 15 is 0 Å². The Balaban J connectivity index is 1.81. The fourth-order valence-corrected chi connectivity index (χ4v) is 3.16. The molecule has 0 aromatic heterocycles. The molecule has 0 amide bonds. The summed E-state index contributed by atoms with van der Waals surface area (Å²) in [6, 6.07) is 14.4. The van der Waals surface area contributed by atoms with Gasteiger partial charge in [-0.3, -0.25) is 4.79 Å². The zero-order valence-corrected chi connectivity index (χ0v) is 14.8. The highest BCUT2D eigenvalue weighted by Gasteiger charge is 2.13. The maximum atomic E-state index is 12.8. The van der Waals surface area contributed by atoms with E-state index in [2.05, 4.69) is 45.0 Å². The molecule has 0 spiro atoms. The third-order valence-corrected chi connectivity index (χ3v) is 4.76. The van der Waals surface area contributed by atoms with Crippen LogP contribution in [0.25, 0.3) is 0 Å². The fourth-order valence-electron chi connectivity index (χ4n) is 2.26. The van der Waals surface area contributed by atoms with Crippen molar-refractivity contribution in [2.45, 2.75) is 43.9 Å². The SMILES string of the molecule is CC(C)(C)c1cccc(SCCCC(=O)c2ccc(F)cc2)c1. The first-order chi connectivity index (χ1) is 10.9. The van der Waals surface area contributed by atoms with E-state index in [1.165, 1.54) is 22.6 Å². The highest BCUT2D eigenvalue weighted by Crippen LogP contribution is 2.27. The van der Waals surface area contributed by atoms with Gasteiger partial charge in [-0.1, -0.05) is 32.9 Å². The second kappa shape index (κ2) is 7.78. The third kappa shape index (κ3) is 5.51. The first-order valence-corrected chi connectivity index (χ1v) is 8.87. The molecule has 0 aliphatic carbocycles. The van der Waals surface area contributed by atoms with Crippen LogP contribution < -0.4 is 0 Å². The lowest BCUT2D eigenvalue weighted by molar-refractivity contribution is 0.0982. The van der Waals surface area contributed by atoms with E-state index in [4.69, 9.17) is 0 Å². The second-order valence-electron chi connectivity index (χ2n) is 6.66. The molecule has 0 bridgehead atoms. The molecule has 0 atom stereocenters. The Morgan fingerprint density at radius 1 is 1.09 bits per heavy atom. The summed E-state index contributed by atoms with van der Waals surface area (Å²) >= 11 is 1.78. The van der Waals surface area contributed by atoms with Crippen molar-refractivity contribution < 1.29 is 9.18 Å². The number of rotatable bonds is 6. The molecule has 2 aromatic rings. The van der Waals surface area contributed by atoms with Gasteiger partial charge in [0.25, 0.3) is 0 Å². The van der Waals surface area contributed by atoms with Gasteiger partial charge in [0.05, 0.1) is 0 Å². The lowest BCUT2D eigenvalue weighted by atomic mass is 9.87. The number of hydrogen-bond donors (Lipinski definition) is 0. The topological polar surface area (TPSA) is 17.1 Å². The first kappa shape index (κ1) is 17.7. The van der Waals surface area contributed by atoms with Crippen molar-refractivity contribution in [3.05, 3.63) is 65.5 Å². The van der Waals surface area contributed by atoms with Gasteiger partial charge in [0.15, 0.2) is 5.78 Å². The van der Waals surface area contributed by atoms with E-state index in [0.29, 0.717) is 12.0 Å². The summed E-state index contributed by atoms with van der Waals surface area (Å²) in [6.45, 7) is 6.62. The molecule has 1 nitrogen and oxygen atoms in total. The van der Waals surface area contributed by atoms with E-state index in [1.54, 1.807) is 23.9 Å². The van der Waals surface area contributed by atoms with Gasteiger partial charge in [-0.25, -0.2) is 4.39 Å². The van der Waals surface area contributed by atoms with Crippen LogP contribution in [0.15, 0.2) is 53.4 Å². The van der Waals surface area contributed by atoms with E-state index < -0.39 is 0 Å². The summed E-state index contributed by atoms with van der Waals surface area (Å²) in [5, 5.41) is 0. The van der Waals surface area contributed by atoms with Crippen molar-refractivity contribution in [2.24, 2.45) is 0 Å². The maximum Gasteiger partial charge on any atom is 0.162 e. The second-order valence-corrected chi connectivity index (χ2v) is 7.83. The molecular formula is C20H23FOS. The predicted molar refractivity (Wildman–Crippen MR) is 95.8 cm³/mol. The van der Waals surface area contributed by atoms with Crippen LogP contribution in [0.2, 0.25) is 0 Å². The Bertz CT molecular complexity index is 656. The van der Waals surface area contributed by atoms with Gasteiger partial charge < -0.3 is 0 Å². The number of Topliss-reactive ketones (excluding diaryl/α,β-unsaturated/α-hetero) is 1. The van der Waals surface area contributed by atoms with Crippen molar-refractivity contribution >= 4 is 17.5 Å². The molecule has 3 heteroatoms. The summed E-state index contributed by atoms with van der Waals surface area (Å²) in [5.74, 6) is 0.672. The Morgan fingerprint density at radius 3 is 2.43 bits per heavy atom. The van der Waals surface area contributed by atoms with Gasteiger partial charge >= 0.3 is 0 Å². The van der Waals surface area contributed by atoms with Crippen molar-refractivity contribution in [3.8, 4) is 0 Å². The van der Waals surface area contributed by atoms with E-state index in [-0.39, 0.29) is 17.0 Å². The average molecular weight is 330 g/mol. The Hall–Kier alpha value is -1.61. The van der Waals surface area contributed by atoms with Crippen LogP contribution in [0.3, 0.4) is 0 Å². The molecule has 0 unspecified atom stereocenters. The maximum absolute atomic E-state index is 12.8. The number of carbonyl (C=O) groups excluding carboxylic acids is 1. The molecule has 0 aliphatic heterocycles. The van der Waals surface area contributed by atoms with Crippen LogP contribution in [-0.4, -0.2) is 11.5 Å². The minimum atomic E-state index is -0.309. The number of ketones is 1. The van der Waals surface area contributed by atoms with Gasteiger partial charge in [0.2, 0.25) is 0 Å². The van der Waals surface area contributed by atoms with Gasteiger partial charge in [-0.15, -0.1) is 11.8 Å². The van der Waals surface area contributed by atoms with Crippen LogP contribution in [0.5, 0.6) is 0 Å². The minimum absolute atomic E-state index is 0.0778. The van der Waals surface area contributed by atoms with Crippen LogP contribution in [0.4, 0.5) is 4.39 Å². The van der Waals surface area contributed by atoms with Crippen molar-refractivity contribution in [1.82, 2.24) is 0 Å². The molecule has 2 rings (SSSR count). The molecule has 23 heavy (non-hydrogen) atoms. The molecular weight excluding hydrogens is 307 g/mol. The normalized spacial score (nSPS) is 11.5. The molecule has 0 fully saturated rings. The first-order valence-electron chi connectivity index (χ1n) is 7.88. The Kier molecular flexibility index (Phi) is 6.00. The highest BCUT2D eigenvalue weighted by atomic mass is 32.2. The molecule has 0 radical (unpaired) electrons. The average Bonchev–Trinajstić information content (AvgIpc) is 2.51. The molecule has 0 heterocycles. The smallest absolute Gasteiger partial charge is 0.162 e.